The molecule has 0 aromatic heterocycles. The van der Waals surface area contributed by atoms with Gasteiger partial charge in [0, 0.05) is 12.5 Å². The maximum Gasteiger partial charge on any atom is 0.332 e. The molecular weight excluding hydrogens is 184 g/mol. The van der Waals surface area contributed by atoms with Crippen LogP contribution < -0.4 is 5.73 Å². The monoisotopic (exact) mass is 194 g/mol. The zero-order chi connectivity index (χ0) is 10.6. The average molecular weight is 194 g/mol. The van der Waals surface area contributed by atoms with Crippen LogP contribution in [0.5, 0.6) is 5.75 Å². The van der Waals surface area contributed by atoms with Crippen LogP contribution in [-0.2, 0) is 9.63 Å². The first-order chi connectivity index (χ1) is 6.59. The van der Waals surface area contributed by atoms with Crippen molar-refractivity contribution in [2.45, 2.75) is 6.92 Å². The predicted molar refractivity (Wildman–Crippen MR) is 50.6 cm³/mol. The number of phenols is 1. The molecule has 0 aliphatic rings. The van der Waals surface area contributed by atoms with Crippen molar-refractivity contribution in [3.8, 4) is 5.75 Å². The Morgan fingerprint density at radius 1 is 1.43 bits per heavy atom. The number of phenolic OH excluding ortho intramolecular Hbond substituents is 1. The number of nitrogens with two attached hydrogens (primary N) is 1. The van der Waals surface area contributed by atoms with Gasteiger partial charge in [0.1, 0.15) is 5.75 Å². The largest absolute Gasteiger partial charge is 0.508 e. The van der Waals surface area contributed by atoms with Crippen LogP contribution in [0.3, 0.4) is 0 Å². The van der Waals surface area contributed by atoms with Crippen LogP contribution in [0.4, 0.5) is 0 Å². The fourth-order valence-electron chi connectivity index (χ4n) is 0.798. The van der Waals surface area contributed by atoms with Gasteiger partial charge in [-0.05, 0) is 24.3 Å². The number of benzene rings is 1. The fraction of sp³-hybridized carbons (Fsp3) is 0.111. The Bertz CT molecular complexity index is 357. The highest BCUT2D eigenvalue weighted by atomic mass is 16.7. The van der Waals surface area contributed by atoms with Crippen LogP contribution in [0, 0.1) is 0 Å². The third-order valence-corrected chi connectivity index (χ3v) is 1.44. The van der Waals surface area contributed by atoms with Crippen molar-refractivity contribution < 1.29 is 14.7 Å². The number of aromatic hydroxyl groups is 1. The summed E-state index contributed by atoms with van der Waals surface area (Å²) in [5.41, 5.74) is 6.06. The van der Waals surface area contributed by atoms with E-state index in [9.17, 15) is 4.79 Å². The molecule has 1 aromatic carbocycles. The minimum Gasteiger partial charge on any atom is -0.508 e. The zero-order valence-electron chi connectivity index (χ0n) is 7.60. The van der Waals surface area contributed by atoms with Crippen LogP contribution in [0.1, 0.15) is 12.5 Å². The van der Waals surface area contributed by atoms with E-state index in [1.807, 2.05) is 0 Å². The molecule has 3 N–H and O–H groups in total. The van der Waals surface area contributed by atoms with E-state index in [4.69, 9.17) is 10.8 Å². The maximum atomic E-state index is 10.4. The normalized spacial score (nSPS) is 11.1. The summed E-state index contributed by atoms with van der Waals surface area (Å²) in [6.45, 7) is 1.23. The van der Waals surface area contributed by atoms with Crippen molar-refractivity contribution >= 4 is 11.8 Å². The average Bonchev–Trinajstić information content (AvgIpc) is 2.15. The number of amidine groups is 1. The summed E-state index contributed by atoms with van der Waals surface area (Å²) in [6, 6.07) is 6.06. The number of oxime groups is 1. The molecule has 0 bridgehead atoms. The number of rotatable bonds is 2. The van der Waals surface area contributed by atoms with E-state index in [1.54, 1.807) is 12.1 Å². The summed E-state index contributed by atoms with van der Waals surface area (Å²) >= 11 is 0. The third-order valence-electron chi connectivity index (χ3n) is 1.44. The Morgan fingerprint density at radius 2 is 2.00 bits per heavy atom. The van der Waals surface area contributed by atoms with Crippen molar-refractivity contribution in [3.05, 3.63) is 29.8 Å². The highest BCUT2D eigenvalue weighted by Crippen LogP contribution is 2.09. The lowest BCUT2D eigenvalue weighted by Gasteiger charge is -1.99. The van der Waals surface area contributed by atoms with Gasteiger partial charge in [0.2, 0.25) is 0 Å². The molecule has 0 radical (unpaired) electrons. The molecule has 0 aliphatic heterocycles. The summed E-state index contributed by atoms with van der Waals surface area (Å²) < 4.78 is 0. The standard InChI is InChI=1S/C9H10N2O3/c1-6(12)14-11-9(10)7-2-4-8(13)5-3-7/h2-5,13H,1H3,(H2,10,11). The highest BCUT2D eigenvalue weighted by Gasteiger charge is 1.99. The molecule has 0 aliphatic carbocycles. The van der Waals surface area contributed by atoms with Crippen LogP contribution in [0.15, 0.2) is 29.4 Å². The molecule has 0 spiro atoms. The van der Waals surface area contributed by atoms with Gasteiger partial charge in [-0.1, -0.05) is 5.16 Å². The zero-order valence-corrected chi connectivity index (χ0v) is 7.60. The maximum absolute atomic E-state index is 10.4. The molecule has 1 aromatic rings. The van der Waals surface area contributed by atoms with Gasteiger partial charge in [0.05, 0.1) is 0 Å². The van der Waals surface area contributed by atoms with Crippen molar-refractivity contribution in [2.75, 3.05) is 0 Å². The molecule has 0 heterocycles. The van der Waals surface area contributed by atoms with Crippen LogP contribution in [0.25, 0.3) is 0 Å². The van der Waals surface area contributed by atoms with Gasteiger partial charge in [-0.3, -0.25) is 0 Å². The Morgan fingerprint density at radius 3 is 2.50 bits per heavy atom. The first kappa shape index (κ1) is 10.0. The predicted octanol–water partition coefficient (Wildman–Crippen LogP) is 0.576. The Balaban J connectivity index is 2.78. The van der Waals surface area contributed by atoms with E-state index >= 15 is 0 Å². The lowest BCUT2D eigenvalue weighted by atomic mass is 10.2. The Kier molecular flexibility index (Phi) is 3.06. The molecule has 0 atom stereocenters. The summed E-state index contributed by atoms with van der Waals surface area (Å²) in [7, 11) is 0. The van der Waals surface area contributed by atoms with E-state index in [0.29, 0.717) is 5.56 Å². The summed E-state index contributed by atoms with van der Waals surface area (Å²) in [4.78, 5) is 14.8. The summed E-state index contributed by atoms with van der Waals surface area (Å²) in [5.74, 6) is -0.319. The van der Waals surface area contributed by atoms with Crippen molar-refractivity contribution in [3.63, 3.8) is 0 Å². The van der Waals surface area contributed by atoms with Crippen LogP contribution in [0.2, 0.25) is 0 Å². The number of nitrogens with zero attached hydrogens (tertiary/aromatic N) is 1. The molecule has 0 fully saturated rings. The van der Waals surface area contributed by atoms with Gasteiger partial charge in [0.25, 0.3) is 0 Å². The van der Waals surface area contributed by atoms with Gasteiger partial charge in [-0.15, -0.1) is 0 Å². The number of carbonyl (C=O) groups is 1. The number of hydrogen-bond donors (Lipinski definition) is 2. The van der Waals surface area contributed by atoms with Crippen molar-refractivity contribution in [2.24, 2.45) is 10.9 Å². The van der Waals surface area contributed by atoms with Crippen molar-refractivity contribution in [1.82, 2.24) is 0 Å². The Hall–Kier alpha value is -2.04. The highest BCUT2D eigenvalue weighted by molar-refractivity contribution is 5.97. The smallest absolute Gasteiger partial charge is 0.332 e. The number of carbonyl (C=O) groups excluding carboxylic acids is 1. The topological polar surface area (TPSA) is 84.9 Å². The first-order valence-corrected chi connectivity index (χ1v) is 3.90. The number of hydrogen-bond acceptors (Lipinski definition) is 4. The molecule has 0 unspecified atom stereocenters. The summed E-state index contributed by atoms with van der Waals surface area (Å²) in [6.07, 6.45) is 0. The van der Waals surface area contributed by atoms with Gasteiger partial charge >= 0.3 is 5.97 Å². The van der Waals surface area contributed by atoms with E-state index in [1.165, 1.54) is 19.1 Å². The van der Waals surface area contributed by atoms with E-state index < -0.39 is 5.97 Å². The third kappa shape index (κ3) is 2.78. The second-order valence-corrected chi connectivity index (χ2v) is 2.61. The lowest BCUT2D eigenvalue weighted by molar-refractivity contribution is -0.140. The Labute approximate surface area is 80.8 Å². The minimum atomic E-state index is -0.535. The van der Waals surface area contributed by atoms with Gasteiger partial charge in [-0.25, -0.2) is 4.79 Å². The van der Waals surface area contributed by atoms with Crippen molar-refractivity contribution in [1.29, 1.82) is 0 Å². The quantitative estimate of drug-likeness (QED) is 0.312. The minimum absolute atomic E-state index is 0.0835. The second kappa shape index (κ2) is 4.27. The van der Waals surface area contributed by atoms with Crippen LogP contribution in [-0.4, -0.2) is 16.9 Å². The molecule has 1 rings (SSSR count). The first-order valence-electron chi connectivity index (χ1n) is 3.90. The molecule has 0 saturated heterocycles. The summed E-state index contributed by atoms with van der Waals surface area (Å²) in [5, 5.41) is 12.4. The molecule has 5 nitrogen and oxygen atoms in total. The molecule has 74 valence electrons. The molecule has 14 heavy (non-hydrogen) atoms. The fourth-order valence-corrected chi connectivity index (χ4v) is 0.798. The van der Waals surface area contributed by atoms with E-state index in [2.05, 4.69) is 9.99 Å². The SMILES string of the molecule is CC(=O)O/N=C(\N)c1ccc(O)cc1. The van der Waals surface area contributed by atoms with E-state index in [-0.39, 0.29) is 11.6 Å². The van der Waals surface area contributed by atoms with E-state index in [0.717, 1.165) is 0 Å². The van der Waals surface area contributed by atoms with Crippen LogP contribution >= 0.6 is 0 Å². The lowest BCUT2D eigenvalue weighted by Crippen LogP contribution is -2.14. The van der Waals surface area contributed by atoms with Gasteiger partial charge in [-0.2, -0.15) is 0 Å². The van der Waals surface area contributed by atoms with Gasteiger partial charge < -0.3 is 15.7 Å². The molecule has 0 saturated carbocycles. The second-order valence-electron chi connectivity index (χ2n) is 2.61. The van der Waals surface area contributed by atoms with Gasteiger partial charge in [0.15, 0.2) is 5.84 Å². The molecule has 5 heteroatoms. The molecular formula is C9H10N2O3. The molecule has 0 amide bonds.